The first-order chi connectivity index (χ1) is 16.4. The maximum Gasteiger partial charge on any atom is 0.418 e. The topological polar surface area (TPSA) is 101 Å². The zero-order valence-electron chi connectivity index (χ0n) is 17.9. The Labute approximate surface area is 206 Å². The maximum absolute atomic E-state index is 13.3. The number of benzene rings is 3. The van der Waals surface area contributed by atoms with Crippen molar-refractivity contribution < 1.29 is 27.7 Å². The standard InChI is InChI=1S/C23H17ClF3N3O4S/c1-13(21(31)29-20-9-8-15(24)11-19(20)23(25,26)27)35-18-7-3-5-16(12-18)28-22(32)14-4-2-6-17(10-14)30(33)34/h2-13H,1H3,(H,28,32)(H,29,31). The number of amides is 2. The van der Waals surface area contributed by atoms with Gasteiger partial charge in [0.25, 0.3) is 11.6 Å². The summed E-state index contributed by atoms with van der Waals surface area (Å²) in [5.41, 5.74) is -1.22. The summed E-state index contributed by atoms with van der Waals surface area (Å²) < 4.78 is 39.8. The number of carbonyl (C=O) groups excluding carboxylic acids is 2. The lowest BCUT2D eigenvalue weighted by Gasteiger charge is -2.17. The SMILES string of the molecule is CC(Sc1cccc(NC(=O)c2cccc([N+](=O)[O-])c2)c1)C(=O)Nc1ccc(Cl)cc1C(F)(F)F. The number of nitro benzene ring substituents is 1. The largest absolute Gasteiger partial charge is 0.418 e. The van der Waals surface area contributed by atoms with Gasteiger partial charge in [0, 0.05) is 33.3 Å². The summed E-state index contributed by atoms with van der Waals surface area (Å²) in [4.78, 5) is 35.9. The minimum atomic E-state index is -4.70. The van der Waals surface area contributed by atoms with Gasteiger partial charge in [-0.15, -0.1) is 11.8 Å². The molecule has 0 aliphatic carbocycles. The maximum atomic E-state index is 13.3. The van der Waals surface area contributed by atoms with E-state index in [0.29, 0.717) is 10.6 Å². The van der Waals surface area contributed by atoms with Crippen molar-refractivity contribution in [2.75, 3.05) is 10.6 Å². The number of hydrogen-bond donors (Lipinski definition) is 2. The molecule has 7 nitrogen and oxygen atoms in total. The number of hydrogen-bond acceptors (Lipinski definition) is 5. The first-order valence-corrected chi connectivity index (χ1v) is 11.2. The molecule has 35 heavy (non-hydrogen) atoms. The third-order valence-corrected chi connectivity index (χ3v) is 5.97. The smallest absolute Gasteiger partial charge is 0.325 e. The van der Waals surface area contributed by atoms with Crippen molar-refractivity contribution in [3.63, 3.8) is 0 Å². The molecule has 0 heterocycles. The Morgan fingerprint density at radius 2 is 1.74 bits per heavy atom. The molecule has 0 bridgehead atoms. The lowest BCUT2D eigenvalue weighted by atomic mass is 10.1. The van der Waals surface area contributed by atoms with Crippen LogP contribution in [0.15, 0.2) is 71.6 Å². The van der Waals surface area contributed by atoms with Crippen molar-refractivity contribution in [2.45, 2.75) is 23.2 Å². The zero-order valence-corrected chi connectivity index (χ0v) is 19.5. The monoisotopic (exact) mass is 523 g/mol. The molecule has 2 amide bonds. The highest BCUT2D eigenvalue weighted by atomic mass is 35.5. The predicted molar refractivity (Wildman–Crippen MR) is 128 cm³/mol. The van der Waals surface area contributed by atoms with Gasteiger partial charge >= 0.3 is 6.18 Å². The quantitative estimate of drug-likeness (QED) is 0.205. The van der Waals surface area contributed by atoms with Crippen LogP contribution in [0.3, 0.4) is 0 Å². The van der Waals surface area contributed by atoms with Gasteiger partial charge in [-0.05, 0) is 49.4 Å². The number of nitrogens with zero attached hydrogens (tertiary/aromatic N) is 1. The number of thioether (sulfide) groups is 1. The van der Waals surface area contributed by atoms with Crippen molar-refractivity contribution in [3.8, 4) is 0 Å². The van der Waals surface area contributed by atoms with Gasteiger partial charge in [0.05, 0.1) is 21.4 Å². The Hall–Kier alpha value is -3.57. The Bertz CT molecular complexity index is 1290. The molecule has 0 aromatic heterocycles. The van der Waals surface area contributed by atoms with Crippen LogP contribution in [0.5, 0.6) is 0 Å². The second-order valence-electron chi connectivity index (χ2n) is 7.23. The molecule has 0 aliphatic heterocycles. The molecule has 2 N–H and O–H groups in total. The van der Waals surface area contributed by atoms with E-state index in [1.165, 1.54) is 31.2 Å². The van der Waals surface area contributed by atoms with Crippen LogP contribution in [0.1, 0.15) is 22.8 Å². The highest BCUT2D eigenvalue weighted by molar-refractivity contribution is 8.00. The molecule has 3 rings (SSSR count). The molecular weight excluding hydrogens is 507 g/mol. The summed E-state index contributed by atoms with van der Waals surface area (Å²) in [6.45, 7) is 1.53. The lowest BCUT2D eigenvalue weighted by molar-refractivity contribution is -0.384. The number of halogens is 4. The number of non-ortho nitro benzene ring substituents is 1. The summed E-state index contributed by atoms with van der Waals surface area (Å²) >= 11 is 6.73. The van der Waals surface area contributed by atoms with Crippen LogP contribution in [0, 0.1) is 10.1 Å². The minimum absolute atomic E-state index is 0.0911. The fourth-order valence-electron chi connectivity index (χ4n) is 2.96. The molecule has 0 radical (unpaired) electrons. The van der Waals surface area contributed by atoms with Gasteiger partial charge in [-0.3, -0.25) is 19.7 Å². The summed E-state index contributed by atoms with van der Waals surface area (Å²) in [7, 11) is 0. The number of carbonyl (C=O) groups is 2. The first kappa shape index (κ1) is 26.0. The van der Waals surface area contributed by atoms with Crippen molar-refractivity contribution in [1.82, 2.24) is 0 Å². The van der Waals surface area contributed by atoms with Gasteiger partial charge in [-0.25, -0.2) is 0 Å². The molecule has 1 atom stereocenters. The molecular formula is C23H17ClF3N3O4S. The number of alkyl halides is 3. The highest BCUT2D eigenvalue weighted by Crippen LogP contribution is 2.37. The van der Waals surface area contributed by atoms with Crippen molar-refractivity contribution in [1.29, 1.82) is 0 Å². The molecule has 0 saturated carbocycles. The number of anilines is 2. The molecule has 0 saturated heterocycles. The summed E-state index contributed by atoms with van der Waals surface area (Å²) in [6, 6.07) is 14.8. The minimum Gasteiger partial charge on any atom is -0.325 e. The number of nitrogens with one attached hydrogen (secondary N) is 2. The van der Waals surface area contributed by atoms with E-state index >= 15 is 0 Å². The average Bonchev–Trinajstić information content (AvgIpc) is 2.79. The highest BCUT2D eigenvalue weighted by Gasteiger charge is 2.34. The molecule has 182 valence electrons. The Kier molecular flexibility index (Phi) is 8.03. The normalized spacial score (nSPS) is 12.0. The molecule has 3 aromatic rings. The summed E-state index contributed by atoms with van der Waals surface area (Å²) in [5, 5.41) is 14.9. The van der Waals surface area contributed by atoms with E-state index in [0.717, 1.165) is 30.0 Å². The van der Waals surface area contributed by atoms with Crippen molar-refractivity contribution >= 4 is 52.2 Å². The van der Waals surface area contributed by atoms with E-state index in [4.69, 9.17) is 11.6 Å². The second kappa shape index (κ2) is 10.8. The number of nitro groups is 1. The van der Waals surface area contributed by atoms with Crippen LogP contribution in [-0.4, -0.2) is 22.0 Å². The Balaban J connectivity index is 1.69. The van der Waals surface area contributed by atoms with Gasteiger partial charge in [0.15, 0.2) is 0 Å². The lowest BCUT2D eigenvalue weighted by Crippen LogP contribution is -2.24. The first-order valence-electron chi connectivity index (χ1n) is 9.94. The van der Waals surface area contributed by atoms with E-state index < -0.39 is 39.4 Å². The van der Waals surface area contributed by atoms with Crippen LogP contribution in [-0.2, 0) is 11.0 Å². The molecule has 3 aromatic carbocycles. The van der Waals surface area contributed by atoms with E-state index in [9.17, 15) is 32.9 Å². The van der Waals surface area contributed by atoms with Crippen molar-refractivity contribution in [2.24, 2.45) is 0 Å². The van der Waals surface area contributed by atoms with Gasteiger partial charge < -0.3 is 10.6 Å². The molecule has 0 fully saturated rings. The fourth-order valence-corrected chi connectivity index (χ4v) is 4.06. The molecule has 0 spiro atoms. The average molecular weight is 524 g/mol. The zero-order chi connectivity index (χ0) is 25.8. The van der Waals surface area contributed by atoms with Crippen LogP contribution < -0.4 is 10.6 Å². The van der Waals surface area contributed by atoms with E-state index in [2.05, 4.69) is 10.6 Å². The van der Waals surface area contributed by atoms with E-state index in [1.807, 2.05) is 0 Å². The Morgan fingerprint density at radius 3 is 2.43 bits per heavy atom. The summed E-state index contributed by atoms with van der Waals surface area (Å²) in [6.07, 6.45) is -4.70. The van der Waals surface area contributed by atoms with Gasteiger partial charge in [-0.2, -0.15) is 13.2 Å². The van der Waals surface area contributed by atoms with Crippen LogP contribution in [0.2, 0.25) is 5.02 Å². The molecule has 1 unspecified atom stereocenters. The van der Waals surface area contributed by atoms with Crippen molar-refractivity contribution in [3.05, 3.63) is 93.0 Å². The third kappa shape index (κ3) is 6.96. The third-order valence-electron chi connectivity index (χ3n) is 4.64. The van der Waals surface area contributed by atoms with Gasteiger partial charge in [-0.1, -0.05) is 23.7 Å². The van der Waals surface area contributed by atoms with Crippen LogP contribution >= 0.6 is 23.4 Å². The predicted octanol–water partition coefficient (Wildman–Crippen LogP) is 6.64. The Morgan fingerprint density at radius 1 is 1.03 bits per heavy atom. The summed E-state index contributed by atoms with van der Waals surface area (Å²) in [5.74, 6) is -1.22. The van der Waals surface area contributed by atoms with E-state index in [-0.39, 0.29) is 16.3 Å². The van der Waals surface area contributed by atoms with Crippen LogP contribution in [0.25, 0.3) is 0 Å². The van der Waals surface area contributed by atoms with E-state index in [1.54, 1.807) is 24.3 Å². The van der Waals surface area contributed by atoms with Gasteiger partial charge in [0.2, 0.25) is 5.91 Å². The fraction of sp³-hybridized carbons (Fsp3) is 0.130. The number of rotatable bonds is 7. The van der Waals surface area contributed by atoms with Gasteiger partial charge in [0.1, 0.15) is 0 Å². The molecule has 0 aliphatic rings. The molecule has 12 heteroatoms. The second-order valence-corrected chi connectivity index (χ2v) is 9.08. The van der Waals surface area contributed by atoms with Crippen LogP contribution in [0.4, 0.5) is 30.2 Å².